The van der Waals surface area contributed by atoms with Gasteiger partial charge in [0.1, 0.15) is 6.61 Å². The number of benzene rings is 2. The van der Waals surface area contributed by atoms with Crippen molar-refractivity contribution in [2.24, 2.45) is 0 Å². The standard InChI is InChI=1S/C19H16I3NO4/c20-14-9-15(21)18(23-6-7-27-10-16(23)24)17(22)13(14)8-12(19(25)26)11-4-2-1-3-5-11/h1-5,9,12H,6-8,10H2,(H,25,26). The van der Waals surface area contributed by atoms with Crippen LogP contribution in [0.15, 0.2) is 36.4 Å². The lowest BCUT2D eigenvalue weighted by Crippen LogP contribution is -2.42. The molecule has 1 unspecified atom stereocenters. The van der Waals surface area contributed by atoms with Crippen LogP contribution < -0.4 is 4.90 Å². The highest BCUT2D eigenvalue weighted by Gasteiger charge is 2.29. The summed E-state index contributed by atoms with van der Waals surface area (Å²) in [4.78, 5) is 26.0. The molecule has 0 saturated carbocycles. The van der Waals surface area contributed by atoms with Crippen molar-refractivity contribution in [2.75, 3.05) is 24.7 Å². The monoisotopic (exact) mass is 703 g/mol. The van der Waals surface area contributed by atoms with Crippen LogP contribution in [-0.4, -0.2) is 36.7 Å². The van der Waals surface area contributed by atoms with E-state index in [0.717, 1.165) is 27.5 Å². The maximum atomic E-state index is 12.3. The van der Waals surface area contributed by atoms with E-state index in [1.54, 1.807) is 4.90 Å². The molecule has 8 heteroatoms. The van der Waals surface area contributed by atoms with Crippen LogP contribution in [0.2, 0.25) is 0 Å². The molecule has 3 rings (SSSR count). The van der Waals surface area contributed by atoms with Crippen LogP contribution in [0, 0.1) is 10.7 Å². The molecule has 27 heavy (non-hydrogen) atoms. The van der Waals surface area contributed by atoms with Crippen molar-refractivity contribution in [3.8, 4) is 0 Å². The van der Waals surface area contributed by atoms with Gasteiger partial charge in [0, 0.05) is 17.3 Å². The normalized spacial score (nSPS) is 15.7. The van der Waals surface area contributed by atoms with E-state index in [2.05, 4.69) is 67.8 Å². The molecule has 0 bridgehead atoms. The summed E-state index contributed by atoms with van der Waals surface area (Å²) in [5.74, 6) is -1.56. The Kier molecular flexibility index (Phi) is 7.36. The molecule has 2 aromatic rings. The predicted octanol–water partition coefficient (Wildman–Crippen LogP) is 4.27. The predicted molar refractivity (Wildman–Crippen MR) is 128 cm³/mol. The summed E-state index contributed by atoms with van der Waals surface area (Å²) in [6.45, 7) is 1.09. The Balaban J connectivity index is 2.03. The van der Waals surface area contributed by atoms with Crippen molar-refractivity contribution < 1.29 is 19.4 Å². The molecule has 1 aliphatic heterocycles. The number of hydrogen-bond acceptors (Lipinski definition) is 3. The fourth-order valence-corrected chi connectivity index (χ4v) is 7.44. The third kappa shape index (κ3) is 4.75. The highest BCUT2D eigenvalue weighted by atomic mass is 127. The van der Waals surface area contributed by atoms with E-state index in [9.17, 15) is 14.7 Å². The number of rotatable bonds is 5. The van der Waals surface area contributed by atoms with Crippen LogP contribution in [0.4, 0.5) is 5.69 Å². The van der Waals surface area contributed by atoms with Crippen molar-refractivity contribution in [1.29, 1.82) is 0 Å². The van der Waals surface area contributed by atoms with Gasteiger partial charge in [-0.05, 0) is 91.4 Å². The average Bonchev–Trinajstić information content (AvgIpc) is 2.63. The molecule has 1 amide bonds. The molecule has 0 spiro atoms. The number of hydrogen-bond donors (Lipinski definition) is 1. The smallest absolute Gasteiger partial charge is 0.311 e. The Morgan fingerprint density at radius 1 is 1.19 bits per heavy atom. The van der Waals surface area contributed by atoms with Gasteiger partial charge in [0.2, 0.25) is 0 Å². The maximum Gasteiger partial charge on any atom is 0.311 e. The largest absolute Gasteiger partial charge is 0.481 e. The zero-order valence-corrected chi connectivity index (χ0v) is 20.6. The number of carbonyl (C=O) groups is 2. The molecule has 1 atom stereocenters. The molecule has 0 aliphatic carbocycles. The Bertz CT molecular complexity index is 873. The first-order valence-corrected chi connectivity index (χ1v) is 11.5. The Labute approximate surface area is 198 Å². The lowest BCUT2D eigenvalue weighted by atomic mass is 9.92. The number of morpholine rings is 1. The highest BCUT2D eigenvalue weighted by molar-refractivity contribution is 14.1. The van der Waals surface area contributed by atoms with Crippen LogP contribution in [-0.2, 0) is 20.7 Å². The Morgan fingerprint density at radius 2 is 1.89 bits per heavy atom. The minimum absolute atomic E-state index is 0.0675. The number of ether oxygens (including phenoxy) is 1. The number of anilines is 1. The van der Waals surface area contributed by atoms with Gasteiger partial charge in [0.25, 0.3) is 5.91 Å². The number of aliphatic carboxylic acids is 1. The third-order valence-electron chi connectivity index (χ3n) is 4.40. The fourth-order valence-electron chi connectivity index (χ4n) is 3.05. The molecule has 142 valence electrons. The van der Waals surface area contributed by atoms with Crippen molar-refractivity contribution in [3.05, 3.63) is 58.2 Å². The van der Waals surface area contributed by atoms with E-state index in [1.165, 1.54) is 0 Å². The summed E-state index contributed by atoms with van der Waals surface area (Å²) in [6, 6.07) is 11.3. The number of nitrogens with zero attached hydrogens (tertiary/aromatic N) is 1. The topological polar surface area (TPSA) is 66.8 Å². The van der Waals surface area contributed by atoms with Crippen LogP contribution in [0.5, 0.6) is 0 Å². The van der Waals surface area contributed by atoms with E-state index >= 15 is 0 Å². The summed E-state index contributed by atoms with van der Waals surface area (Å²) in [5.41, 5.74) is 2.60. The van der Waals surface area contributed by atoms with E-state index in [4.69, 9.17) is 4.74 Å². The quantitative estimate of drug-likeness (QED) is 0.473. The zero-order valence-electron chi connectivity index (χ0n) is 14.1. The van der Waals surface area contributed by atoms with Gasteiger partial charge < -0.3 is 14.7 Å². The second kappa shape index (κ2) is 9.35. The molecule has 1 heterocycles. The summed E-state index contributed by atoms with van der Waals surface area (Å²) in [5, 5.41) is 9.80. The molecule has 1 aliphatic rings. The zero-order chi connectivity index (χ0) is 19.6. The minimum Gasteiger partial charge on any atom is -0.481 e. The van der Waals surface area contributed by atoms with Gasteiger partial charge in [0.15, 0.2) is 0 Å². The number of halogens is 3. The molecular formula is C19H16I3NO4. The first-order chi connectivity index (χ1) is 12.9. The van der Waals surface area contributed by atoms with Crippen molar-refractivity contribution >= 4 is 85.3 Å². The van der Waals surface area contributed by atoms with Gasteiger partial charge in [0.05, 0.1) is 18.2 Å². The van der Waals surface area contributed by atoms with Crippen LogP contribution in [0.3, 0.4) is 0 Å². The molecule has 1 fully saturated rings. The van der Waals surface area contributed by atoms with Gasteiger partial charge in [-0.15, -0.1) is 0 Å². The highest BCUT2D eigenvalue weighted by Crippen LogP contribution is 2.37. The molecule has 0 radical (unpaired) electrons. The SMILES string of the molecule is O=C(O)C(Cc1c(I)cc(I)c(N2CCOCC2=O)c1I)c1ccccc1. The maximum absolute atomic E-state index is 12.3. The average molecular weight is 703 g/mol. The number of carboxylic acids is 1. The van der Waals surface area contributed by atoms with Gasteiger partial charge in [-0.25, -0.2) is 0 Å². The van der Waals surface area contributed by atoms with Gasteiger partial charge in [-0.2, -0.15) is 0 Å². The molecule has 1 saturated heterocycles. The van der Waals surface area contributed by atoms with Crippen LogP contribution in [0.25, 0.3) is 0 Å². The second-order valence-electron chi connectivity index (χ2n) is 6.08. The van der Waals surface area contributed by atoms with Crippen molar-refractivity contribution in [2.45, 2.75) is 12.3 Å². The minimum atomic E-state index is -0.852. The van der Waals surface area contributed by atoms with E-state index in [-0.39, 0.29) is 12.5 Å². The second-order valence-corrected chi connectivity index (χ2v) is 9.49. The summed E-state index contributed by atoms with van der Waals surface area (Å²) < 4.78 is 8.16. The van der Waals surface area contributed by atoms with E-state index in [1.807, 2.05) is 36.4 Å². The van der Waals surface area contributed by atoms with Crippen LogP contribution in [0.1, 0.15) is 17.0 Å². The molecule has 0 aromatic heterocycles. The molecular weight excluding hydrogens is 687 g/mol. The Morgan fingerprint density at radius 3 is 2.52 bits per heavy atom. The van der Waals surface area contributed by atoms with Crippen molar-refractivity contribution in [1.82, 2.24) is 0 Å². The third-order valence-corrected chi connectivity index (χ3v) is 7.35. The molecule has 2 aromatic carbocycles. The van der Waals surface area contributed by atoms with Crippen molar-refractivity contribution in [3.63, 3.8) is 0 Å². The number of amides is 1. The lowest BCUT2D eigenvalue weighted by molar-refractivity contribution is -0.138. The first-order valence-electron chi connectivity index (χ1n) is 8.22. The van der Waals surface area contributed by atoms with Gasteiger partial charge in [-0.1, -0.05) is 30.3 Å². The fraction of sp³-hybridized carbons (Fsp3) is 0.263. The van der Waals surface area contributed by atoms with Gasteiger partial charge in [-0.3, -0.25) is 9.59 Å². The van der Waals surface area contributed by atoms with E-state index in [0.29, 0.717) is 19.6 Å². The first kappa shape index (κ1) is 21.2. The lowest BCUT2D eigenvalue weighted by Gasteiger charge is -2.30. The van der Waals surface area contributed by atoms with E-state index < -0.39 is 11.9 Å². The Hall–Kier alpha value is -0.470. The summed E-state index contributed by atoms with van der Waals surface area (Å²) in [6.07, 6.45) is 0.373. The summed E-state index contributed by atoms with van der Waals surface area (Å²) >= 11 is 6.73. The molecule has 5 nitrogen and oxygen atoms in total. The number of carboxylic acid groups (broad SMARTS) is 1. The van der Waals surface area contributed by atoms with Crippen LogP contribution >= 0.6 is 67.8 Å². The number of carbonyl (C=O) groups excluding carboxylic acids is 1. The van der Waals surface area contributed by atoms with Gasteiger partial charge >= 0.3 is 5.97 Å². The molecule has 1 N–H and O–H groups in total. The summed E-state index contributed by atoms with van der Waals surface area (Å²) in [7, 11) is 0.